The molecule has 4 aliphatic heterocycles. The van der Waals surface area contributed by atoms with E-state index in [1.54, 1.807) is 0 Å². The fraction of sp³-hybridized carbons (Fsp3) is 0. The van der Waals surface area contributed by atoms with Crippen molar-refractivity contribution in [3.05, 3.63) is 194 Å². The second-order valence-corrected chi connectivity index (χ2v) is 16.8. The lowest BCUT2D eigenvalue weighted by molar-refractivity contribution is 1.17. The zero-order chi connectivity index (χ0) is 38.8. The normalized spacial score (nSPS) is 13.9. The maximum Gasteiger partial charge on any atom is 0.252 e. The minimum Gasteiger partial charge on any atom is -0.311 e. The van der Waals surface area contributed by atoms with Crippen LogP contribution in [0, 0.1) is 0 Å². The SMILES string of the molecule is c1ccc(N2c3ccccc3B3c4c2cccc4-n2c4ccc5c6ccc7c8c6n(c5c4c4cccc3c42)-c2ccccc2B8c2ccccc2N7c2ccccc2)cc1. The Labute approximate surface area is 346 Å². The smallest absolute Gasteiger partial charge is 0.252 e. The Morgan fingerprint density at radius 3 is 1.48 bits per heavy atom. The molecule has 6 heteroatoms. The van der Waals surface area contributed by atoms with Crippen molar-refractivity contribution in [3.8, 4) is 11.4 Å². The van der Waals surface area contributed by atoms with Crippen molar-refractivity contribution in [1.82, 2.24) is 9.13 Å². The molecule has 60 heavy (non-hydrogen) atoms. The number of fused-ring (bicyclic) bond motifs is 16. The monoisotopic (exact) mass is 758 g/mol. The highest BCUT2D eigenvalue weighted by Gasteiger charge is 2.44. The van der Waals surface area contributed by atoms with Gasteiger partial charge in [0, 0.05) is 72.6 Å². The van der Waals surface area contributed by atoms with Gasteiger partial charge in [0.1, 0.15) is 0 Å². The topological polar surface area (TPSA) is 16.3 Å². The molecule has 274 valence electrons. The van der Waals surface area contributed by atoms with E-state index in [4.69, 9.17) is 0 Å². The summed E-state index contributed by atoms with van der Waals surface area (Å²) < 4.78 is 5.24. The number of anilines is 6. The highest BCUT2D eigenvalue weighted by molar-refractivity contribution is 7.01. The molecule has 0 saturated carbocycles. The van der Waals surface area contributed by atoms with Gasteiger partial charge in [-0.1, -0.05) is 127 Å². The average molecular weight is 759 g/mol. The number of aromatic nitrogens is 2. The van der Waals surface area contributed by atoms with Gasteiger partial charge in [0.05, 0.1) is 16.6 Å². The lowest BCUT2D eigenvalue weighted by atomic mass is 9.34. The van der Waals surface area contributed by atoms with E-state index in [9.17, 15) is 0 Å². The van der Waals surface area contributed by atoms with Crippen LogP contribution in [0.2, 0.25) is 0 Å². The van der Waals surface area contributed by atoms with E-state index in [1.165, 1.54) is 122 Å². The Balaban J connectivity index is 1.10. The molecule has 0 aliphatic carbocycles. The van der Waals surface area contributed by atoms with Crippen molar-refractivity contribution < 1.29 is 0 Å². The quantitative estimate of drug-likeness (QED) is 0.164. The van der Waals surface area contributed by atoms with Crippen LogP contribution in [-0.2, 0) is 0 Å². The summed E-state index contributed by atoms with van der Waals surface area (Å²) >= 11 is 0. The first-order chi connectivity index (χ1) is 29.8. The Kier molecular flexibility index (Phi) is 5.78. The number of para-hydroxylation sites is 6. The molecule has 0 unspecified atom stereocenters. The fourth-order valence-electron chi connectivity index (χ4n) is 11.9. The minimum atomic E-state index is 0.102. The van der Waals surface area contributed by atoms with Crippen LogP contribution in [0.3, 0.4) is 0 Å². The van der Waals surface area contributed by atoms with Crippen LogP contribution in [0.5, 0.6) is 0 Å². The van der Waals surface area contributed by atoms with Gasteiger partial charge in [0.15, 0.2) is 0 Å². The molecule has 2 aromatic heterocycles. The third kappa shape index (κ3) is 3.64. The Bertz CT molecular complexity index is 3700. The molecule has 15 rings (SSSR count). The molecule has 0 amide bonds. The van der Waals surface area contributed by atoms with Gasteiger partial charge in [-0.2, -0.15) is 0 Å². The molecule has 0 bridgehead atoms. The van der Waals surface area contributed by atoms with E-state index in [0.717, 1.165) is 0 Å². The highest BCUT2D eigenvalue weighted by atomic mass is 15.2. The summed E-state index contributed by atoms with van der Waals surface area (Å²) in [5, 5.41) is 5.20. The molecule has 6 heterocycles. The number of hydrogen-bond acceptors (Lipinski definition) is 2. The summed E-state index contributed by atoms with van der Waals surface area (Å²) in [6.07, 6.45) is 0. The molecule has 0 fully saturated rings. The molecule has 0 spiro atoms. The van der Waals surface area contributed by atoms with E-state index in [1.807, 2.05) is 0 Å². The third-order valence-electron chi connectivity index (χ3n) is 14.1. The fourth-order valence-corrected chi connectivity index (χ4v) is 11.9. The van der Waals surface area contributed by atoms with E-state index < -0.39 is 0 Å². The molecule has 0 atom stereocenters. The van der Waals surface area contributed by atoms with Gasteiger partial charge in [0.2, 0.25) is 0 Å². The Morgan fingerprint density at radius 2 is 0.783 bits per heavy atom. The average Bonchev–Trinajstić information content (AvgIpc) is 3.84. The summed E-state index contributed by atoms with van der Waals surface area (Å²) in [6, 6.07) is 72.6. The first-order valence-electron chi connectivity index (χ1n) is 21.0. The number of benzene rings is 9. The summed E-state index contributed by atoms with van der Waals surface area (Å²) in [5.41, 5.74) is 23.1. The van der Waals surface area contributed by atoms with Crippen LogP contribution >= 0.6 is 0 Å². The van der Waals surface area contributed by atoms with Gasteiger partial charge in [-0.3, -0.25) is 0 Å². The molecule has 11 aromatic rings. The van der Waals surface area contributed by atoms with Crippen molar-refractivity contribution in [3.63, 3.8) is 0 Å². The van der Waals surface area contributed by atoms with Gasteiger partial charge in [0.25, 0.3) is 13.4 Å². The van der Waals surface area contributed by atoms with Crippen LogP contribution < -0.4 is 42.6 Å². The number of rotatable bonds is 2. The molecule has 0 saturated heterocycles. The van der Waals surface area contributed by atoms with Crippen LogP contribution in [0.15, 0.2) is 194 Å². The molecule has 0 radical (unpaired) electrons. The Hall–Kier alpha value is -7.69. The maximum atomic E-state index is 2.64. The van der Waals surface area contributed by atoms with Crippen LogP contribution in [0.25, 0.3) is 55.0 Å². The summed E-state index contributed by atoms with van der Waals surface area (Å²) in [6.45, 7) is 0.212. The Morgan fingerprint density at radius 1 is 0.283 bits per heavy atom. The van der Waals surface area contributed by atoms with Crippen LogP contribution in [0.1, 0.15) is 0 Å². The van der Waals surface area contributed by atoms with Crippen molar-refractivity contribution in [2.45, 2.75) is 0 Å². The summed E-state index contributed by atoms with van der Waals surface area (Å²) in [5.74, 6) is 0. The predicted molar refractivity (Wildman–Crippen MR) is 254 cm³/mol. The maximum absolute atomic E-state index is 2.64. The minimum absolute atomic E-state index is 0.102. The molecule has 0 N–H and O–H groups in total. The van der Waals surface area contributed by atoms with E-state index in [0.29, 0.717) is 0 Å². The first-order valence-corrected chi connectivity index (χ1v) is 21.0. The second kappa shape index (κ2) is 11.1. The van der Waals surface area contributed by atoms with Gasteiger partial charge < -0.3 is 18.9 Å². The van der Waals surface area contributed by atoms with Crippen molar-refractivity contribution >= 4 is 124 Å². The lowest BCUT2D eigenvalue weighted by Crippen LogP contribution is -2.60. The van der Waals surface area contributed by atoms with Crippen molar-refractivity contribution in [2.75, 3.05) is 9.80 Å². The molecule has 4 nitrogen and oxygen atoms in total. The van der Waals surface area contributed by atoms with Crippen molar-refractivity contribution in [1.29, 1.82) is 0 Å². The molecule has 4 aliphatic rings. The first kappa shape index (κ1) is 31.3. The summed E-state index contributed by atoms with van der Waals surface area (Å²) in [7, 11) is 0. The van der Waals surface area contributed by atoms with Gasteiger partial charge >= 0.3 is 0 Å². The number of nitrogens with zero attached hydrogens (tertiary/aromatic N) is 4. The van der Waals surface area contributed by atoms with Gasteiger partial charge in [-0.25, -0.2) is 0 Å². The zero-order valence-corrected chi connectivity index (χ0v) is 32.4. The highest BCUT2D eigenvalue weighted by Crippen LogP contribution is 2.47. The van der Waals surface area contributed by atoms with E-state index >= 15 is 0 Å². The van der Waals surface area contributed by atoms with Crippen LogP contribution in [-0.4, -0.2) is 22.6 Å². The molecule has 9 aromatic carbocycles. The largest absolute Gasteiger partial charge is 0.311 e. The lowest BCUT2D eigenvalue weighted by Gasteiger charge is -2.40. The van der Waals surface area contributed by atoms with E-state index in [2.05, 4.69) is 213 Å². The number of hydrogen-bond donors (Lipinski definition) is 0. The predicted octanol–water partition coefficient (Wildman–Crippen LogP) is 9.11. The summed E-state index contributed by atoms with van der Waals surface area (Å²) in [4.78, 5) is 4.95. The third-order valence-corrected chi connectivity index (χ3v) is 14.1. The van der Waals surface area contributed by atoms with Gasteiger partial charge in [-0.05, 0) is 99.5 Å². The van der Waals surface area contributed by atoms with Gasteiger partial charge in [-0.15, -0.1) is 0 Å². The van der Waals surface area contributed by atoms with E-state index in [-0.39, 0.29) is 13.4 Å². The molecular formula is C54H32B2N4. The van der Waals surface area contributed by atoms with Crippen molar-refractivity contribution in [2.24, 2.45) is 0 Å². The second-order valence-electron chi connectivity index (χ2n) is 16.8. The van der Waals surface area contributed by atoms with Crippen LogP contribution in [0.4, 0.5) is 34.1 Å². The zero-order valence-electron chi connectivity index (χ0n) is 32.4. The molecular weight excluding hydrogens is 726 g/mol. The standard InChI is InChI=1S/C54H32B2N4/c1-3-15-33(16-4-1)57-43-25-11-8-21-39(43)56-41-23-13-19-37-49-45(59(52(37)41)47-28-14-27-46(57)50(47)56)31-29-35-36-30-32-48-51-54(36)60(53(35)49)44-26-12-9-22-40(44)55(51)38-20-7-10-24-42(38)58(48)34-17-5-2-6-18-34/h1-32H.